The number of rotatable bonds is 5. The first-order valence-electron chi connectivity index (χ1n) is 9.59. The summed E-state index contributed by atoms with van der Waals surface area (Å²) in [6.07, 6.45) is 1.49. The van der Waals surface area contributed by atoms with E-state index in [1.54, 1.807) is 21.9 Å². The molecule has 2 heterocycles. The highest BCUT2D eigenvalue weighted by molar-refractivity contribution is 5.95. The fraction of sp³-hybridized carbons (Fsp3) is 0.217. The number of carbonyl (C=O) groups excluding carboxylic acids is 2. The minimum atomic E-state index is -0.134. The summed E-state index contributed by atoms with van der Waals surface area (Å²) in [5.41, 5.74) is 1.64. The van der Waals surface area contributed by atoms with Gasteiger partial charge in [-0.15, -0.1) is 0 Å². The first kappa shape index (κ1) is 18.8. The van der Waals surface area contributed by atoms with Crippen molar-refractivity contribution in [3.63, 3.8) is 0 Å². The zero-order valence-electron chi connectivity index (χ0n) is 16.0. The lowest BCUT2D eigenvalue weighted by Gasteiger charge is -2.34. The van der Waals surface area contributed by atoms with Crippen molar-refractivity contribution < 1.29 is 18.7 Å². The Hall–Kier alpha value is -3.54. The molecule has 0 radical (unpaired) electrons. The molecule has 0 bridgehead atoms. The first-order chi connectivity index (χ1) is 14.2. The molecule has 1 aromatic heterocycles. The van der Waals surface area contributed by atoms with Crippen LogP contribution in [0.3, 0.4) is 0 Å². The number of furan rings is 1. The Bertz CT molecular complexity index is 944. The van der Waals surface area contributed by atoms with Gasteiger partial charge in [0.1, 0.15) is 12.4 Å². The van der Waals surface area contributed by atoms with Gasteiger partial charge in [0.2, 0.25) is 0 Å². The van der Waals surface area contributed by atoms with Crippen LogP contribution in [0.15, 0.2) is 77.4 Å². The number of nitrogens with zero attached hydrogens (tertiary/aromatic N) is 2. The summed E-state index contributed by atoms with van der Waals surface area (Å²) in [4.78, 5) is 28.6. The third-order valence-electron chi connectivity index (χ3n) is 4.94. The van der Waals surface area contributed by atoms with Gasteiger partial charge in [0, 0.05) is 31.7 Å². The van der Waals surface area contributed by atoms with E-state index in [4.69, 9.17) is 9.15 Å². The van der Waals surface area contributed by atoms with Crippen LogP contribution in [-0.2, 0) is 6.61 Å². The smallest absolute Gasteiger partial charge is 0.289 e. The van der Waals surface area contributed by atoms with Gasteiger partial charge in [-0.1, -0.05) is 30.3 Å². The molecule has 0 saturated carbocycles. The number of piperazine rings is 1. The van der Waals surface area contributed by atoms with Gasteiger partial charge >= 0.3 is 0 Å². The van der Waals surface area contributed by atoms with Crippen LogP contribution in [0.1, 0.15) is 26.5 Å². The molecular formula is C23H22N2O4. The van der Waals surface area contributed by atoms with Crippen molar-refractivity contribution in [3.05, 3.63) is 89.9 Å². The van der Waals surface area contributed by atoms with Crippen LogP contribution in [0.2, 0.25) is 0 Å². The Kier molecular flexibility index (Phi) is 5.61. The third kappa shape index (κ3) is 4.48. The fourth-order valence-corrected chi connectivity index (χ4v) is 3.28. The SMILES string of the molecule is O=C(c1ccc(COc2ccccc2)cc1)N1CCN(C(=O)c2ccco2)CC1. The van der Waals surface area contributed by atoms with Crippen LogP contribution in [0.25, 0.3) is 0 Å². The molecule has 0 unspecified atom stereocenters. The predicted molar refractivity (Wildman–Crippen MR) is 108 cm³/mol. The van der Waals surface area contributed by atoms with Crippen LogP contribution in [-0.4, -0.2) is 47.8 Å². The maximum Gasteiger partial charge on any atom is 0.289 e. The van der Waals surface area contributed by atoms with E-state index in [9.17, 15) is 9.59 Å². The Morgan fingerprint density at radius 2 is 1.45 bits per heavy atom. The second-order valence-corrected chi connectivity index (χ2v) is 6.86. The lowest BCUT2D eigenvalue weighted by Crippen LogP contribution is -2.50. The zero-order chi connectivity index (χ0) is 20.1. The predicted octanol–water partition coefficient (Wildman–Crippen LogP) is 3.46. The topological polar surface area (TPSA) is 63.0 Å². The fourth-order valence-electron chi connectivity index (χ4n) is 3.28. The summed E-state index contributed by atoms with van der Waals surface area (Å²) in [6.45, 7) is 2.45. The van der Waals surface area contributed by atoms with Crippen molar-refractivity contribution in [3.8, 4) is 5.75 Å². The molecule has 0 spiro atoms. The summed E-state index contributed by atoms with van der Waals surface area (Å²) >= 11 is 0. The molecule has 1 aliphatic rings. The van der Waals surface area contributed by atoms with Gasteiger partial charge in [-0.3, -0.25) is 9.59 Å². The van der Waals surface area contributed by atoms with E-state index in [1.807, 2.05) is 54.6 Å². The molecule has 1 saturated heterocycles. The molecule has 29 heavy (non-hydrogen) atoms. The zero-order valence-corrected chi connectivity index (χ0v) is 16.0. The van der Waals surface area contributed by atoms with E-state index in [-0.39, 0.29) is 11.8 Å². The number of ether oxygens (including phenoxy) is 1. The number of carbonyl (C=O) groups is 2. The molecule has 6 nitrogen and oxygen atoms in total. The van der Waals surface area contributed by atoms with Crippen LogP contribution in [0, 0.1) is 0 Å². The molecule has 3 aromatic rings. The quantitative estimate of drug-likeness (QED) is 0.669. The van der Waals surface area contributed by atoms with Crippen molar-refractivity contribution in [1.82, 2.24) is 9.80 Å². The normalized spacial score (nSPS) is 13.9. The van der Waals surface area contributed by atoms with Gasteiger partial charge in [-0.25, -0.2) is 0 Å². The Labute approximate surface area is 169 Å². The van der Waals surface area contributed by atoms with Gasteiger partial charge in [0.25, 0.3) is 11.8 Å². The largest absolute Gasteiger partial charge is 0.489 e. The van der Waals surface area contributed by atoms with Crippen molar-refractivity contribution in [2.45, 2.75) is 6.61 Å². The lowest BCUT2D eigenvalue weighted by atomic mass is 10.1. The Morgan fingerprint density at radius 3 is 2.07 bits per heavy atom. The molecular weight excluding hydrogens is 368 g/mol. The molecule has 2 aromatic carbocycles. The maximum atomic E-state index is 12.8. The van der Waals surface area contributed by atoms with E-state index >= 15 is 0 Å². The van der Waals surface area contributed by atoms with Crippen molar-refractivity contribution >= 4 is 11.8 Å². The Balaban J connectivity index is 1.30. The van der Waals surface area contributed by atoms with E-state index in [0.29, 0.717) is 44.1 Å². The van der Waals surface area contributed by atoms with Gasteiger partial charge in [-0.2, -0.15) is 0 Å². The highest BCUT2D eigenvalue weighted by Gasteiger charge is 2.26. The molecule has 0 atom stereocenters. The van der Waals surface area contributed by atoms with Gasteiger partial charge in [-0.05, 0) is 42.0 Å². The lowest BCUT2D eigenvalue weighted by molar-refractivity contribution is 0.0518. The number of benzene rings is 2. The van der Waals surface area contributed by atoms with Gasteiger partial charge in [0.05, 0.1) is 6.26 Å². The molecule has 148 valence electrons. The second kappa shape index (κ2) is 8.65. The minimum Gasteiger partial charge on any atom is -0.489 e. The summed E-state index contributed by atoms with van der Waals surface area (Å²) in [6, 6.07) is 20.4. The highest BCUT2D eigenvalue weighted by atomic mass is 16.5. The van der Waals surface area contributed by atoms with E-state index in [2.05, 4.69) is 0 Å². The average Bonchev–Trinajstić information content (AvgIpc) is 3.33. The molecule has 2 amide bonds. The van der Waals surface area contributed by atoms with Gasteiger partial charge < -0.3 is 19.0 Å². The van der Waals surface area contributed by atoms with E-state index in [0.717, 1.165) is 11.3 Å². The van der Waals surface area contributed by atoms with E-state index in [1.165, 1.54) is 6.26 Å². The van der Waals surface area contributed by atoms with Crippen LogP contribution >= 0.6 is 0 Å². The number of amides is 2. The summed E-state index contributed by atoms with van der Waals surface area (Å²) in [5, 5.41) is 0. The average molecular weight is 390 g/mol. The molecule has 6 heteroatoms. The third-order valence-corrected chi connectivity index (χ3v) is 4.94. The van der Waals surface area contributed by atoms with Crippen LogP contribution < -0.4 is 4.74 Å². The number of para-hydroxylation sites is 1. The number of hydrogen-bond acceptors (Lipinski definition) is 4. The molecule has 1 aliphatic heterocycles. The van der Waals surface area contributed by atoms with Gasteiger partial charge in [0.15, 0.2) is 5.76 Å². The first-order valence-corrected chi connectivity index (χ1v) is 9.59. The van der Waals surface area contributed by atoms with Crippen molar-refractivity contribution in [2.24, 2.45) is 0 Å². The summed E-state index contributed by atoms with van der Waals surface area (Å²) < 4.78 is 10.9. The molecule has 0 aliphatic carbocycles. The highest BCUT2D eigenvalue weighted by Crippen LogP contribution is 2.15. The standard InChI is InChI=1S/C23H22N2O4/c26-22(24-12-14-25(15-13-24)23(27)21-7-4-16-28-21)19-10-8-18(9-11-19)17-29-20-5-2-1-3-6-20/h1-11,16H,12-15,17H2. The van der Waals surface area contributed by atoms with Crippen molar-refractivity contribution in [1.29, 1.82) is 0 Å². The molecule has 4 rings (SSSR count). The maximum absolute atomic E-state index is 12.8. The van der Waals surface area contributed by atoms with E-state index < -0.39 is 0 Å². The molecule has 1 fully saturated rings. The number of hydrogen-bond donors (Lipinski definition) is 0. The Morgan fingerprint density at radius 1 is 0.793 bits per heavy atom. The summed E-state index contributed by atoms with van der Waals surface area (Å²) in [7, 11) is 0. The molecule has 0 N–H and O–H groups in total. The summed E-state index contributed by atoms with van der Waals surface area (Å²) in [5.74, 6) is 0.989. The minimum absolute atomic E-state index is 0.0226. The van der Waals surface area contributed by atoms with Crippen LogP contribution in [0.5, 0.6) is 5.75 Å². The monoisotopic (exact) mass is 390 g/mol. The second-order valence-electron chi connectivity index (χ2n) is 6.86. The van der Waals surface area contributed by atoms with Crippen molar-refractivity contribution in [2.75, 3.05) is 26.2 Å². The van der Waals surface area contributed by atoms with Crippen LogP contribution in [0.4, 0.5) is 0 Å².